The normalized spacial score (nSPS) is 19.3. The van der Waals surface area contributed by atoms with E-state index in [0.29, 0.717) is 11.6 Å². The lowest BCUT2D eigenvalue weighted by atomic mass is 10.1. The molecule has 1 unspecified atom stereocenters. The first-order valence-corrected chi connectivity index (χ1v) is 6.69. The Labute approximate surface area is 106 Å². The fourth-order valence-electron chi connectivity index (χ4n) is 1.34. The SMILES string of the molecule is O=C1CS(=NN=Cc2ccc(C(=O)O)cc2)CN1. The van der Waals surface area contributed by atoms with Gasteiger partial charge < -0.3 is 10.4 Å². The number of hydrogen-bond donors (Lipinski definition) is 2. The summed E-state index contributed by atoms with van der Waals surface area (Å²) in [7, 11) is -0.370. The van der Waals surface area contributed by atoms with Crippen molar-refractivity contribution < 1.29 is 14.7 Å². The van der Waals surface area contributed by atoms with Crippen LogP contribution in [0.25, 0.3) is 0 Å². The molecule has 1 fully saturated rings. The molecule has 2 N–H and O–H groups in total. The Bertz CT molecular complexity index is 537. The largest absolute Gasteiger partial charge is 0.478 e. The maximum absolute atomic E-state index is 10.9. The molecule has 0 aromatic heterocycles. The van der Waals surface area contributed by atoms with E-state index in [1.165, 1.54) is 12.1 Å². The minimum absolute atomic E-state index is 0.00287. The lowest BCUT2D eigenvalue weighted by Gasteiger charge is -1.94. The molecule has 1 aliphatic heterocycles. The lowest BCUT2D eigenvalue weighted by Crippen LogP contribution is -2.14. The van der Waals surface area contributed by atoms with Gasteiger partial charge in [0, 0.05) is 0 Å². The van der Waals surface area contributed by atoms with Crippen molar-refractivity contribution >= 4 is 28.8 Å². The van der Waals surface area contributed by atoms with Crippen LogP contribution in [-0.4, -0.2) is 34.8 Å². The molecule has 0 spiro atoms. The Balaban J connectivity index is 2.01. The van der Waals surface area contributed by atoms with Gasteiger partial charge in [0.25, 0.3) is 0 Å². The van der Waals surface area contributed by atoms with Crippen LogP contribution in [0.2, 0.25) is 0 Å². The van der Waals surface area contributed by atoms with Crippen molar-refractivity contribution in [3.8, 4) is 0 Å². The quantitative estimate of drug-likeness (QED) is 0.619. The molecule has 18 heavy (non-hydrogen) atoms. The summed E-state index contributed by atoms with van der Waals surface area (Å²) in [6.07, 6.45) is 1.54. The van der Waals surface area contributed by atoms with Crippen LogP contribution in [0.3, 0.4) is 0 Å². The Morgan fingerprint density at radius 3 is 2.67 bits per heavy atom. The van der Waals surface area contributed by atoms with E-state index < -0.39 is 5.97 Å². The van der Waals surface area contributed by atoms with Crippen LogP contribution in [0.4, 0.5) is 0 Å². The number of nitrogens with one attached hydrogen (secondary N) is 1. The summed E-state index contributed by atoms with van der Waals surface area (Å²) in [5, 5.41) is 15.3. The van der Waals surface area contributed by atoms with Gasteiger partial charge in [0.15, 0.2) is 0 Å². The van der Waals surface area contributed by atoms with Crippen molar-refractivity contribution in [2.75, 3.05) is 11.6 Å². The number of carboxylic acid groups (broad SMARTS) is 1. The highest BCUT2D eigenvalue weighted by atomic mass is 32.2. The molecule has 1 saturated heterocycles. The van der Waals surface area contributed by atoms with Gasteiger partial charge in [0.1, 0.15) is 0 Å². The zero-order valence-electron chi connectivity index (χ0n) is 9.37. The third-order valence-electron chi connectivity index (χ3n) is 2.26. The highest BCUT2D eigenvalue weighted by Crippen LogP contribution is 2.03. The van der Waals surface area contributed by atoms with Gasteiger partial charge in [-0.15, -0.1) is 4.47 Å². The number of carbonyl (C=O) groups excluding carboxylic acids is 1. The van der Waals surface area contributed by atoms with E-state index in [9.17, 15) is 9.59 Å². The molecule has 1 aromatic carbocycles. The summed E-state index contributed by atoms with van der Waals surface area (Å²) >= 11 is 0. The van der Waals surface area contributed by atoms with Gasteiger partial charge in [-0.05, 0) is 28.4 Å². The van der Waals surface area contributed by atoms with Gasteiger partial charge in [0.2, 0.25) is 5.91 Å². The van der Waals surface area contributed by atoms with Gasteiger partial charge in [-0.25, -0.2) is 4.79 Å². The fourth-order valence-corrected chi connectivity index (χ4v) is 2.47. The summed E-state index contributed by atoms with van der Waals surface area (Å²) in [6.45, 7) is 0. The van der Waals surface area contributed by atoms with Crippen LogP contribution in [0.15, 0.2) is 33.8 Å². The molecular weight excluding hydrogens is 254 g/mol. The highest BCUT2D eigenvalue weighted by Gasteiger charge is 2.13. The van der Waals surface area contributed by atoms with E-state index >= 15 is 0 Å². The molecule has 6 nitrogen and oxygen atoms in total. The maximum atomic E-state index is 10.9. The predicted molar refractivity (Wildman–Crippen MR) is 68.7 cm³/mol. The molecular formula is C11H11N3O3S. The van der Waals surface area contributed by atoms with E-state index in [2.05, 4.69) is 14.9 Å². The average molecular weight is 265 g/mol. The summed E-state index contributed by atoms with van der Waals surface area (Å²) in [5.74, 6) is -0.00745. The van der Waals surface area contributed by atoms with E-state index in [1.54, 1.807) is 18.3 Å². The number of rotatable bonds is 3. The van der Waals surface area contributed by atoms with Crippen LogP contribution >= 0.6 is 0 Å². The molecule has 0 aliphatic carbocycles. The zero-order chi connectivity index (χ0) is 13.0. The highest BCUT2D eigenvalue weighted by molar-refractivity contribution is 7.88. The van der Waals surface area contributed by atoms with E-state index in [-0.39, 0.29) is 22.2 Å². The second kappa shape index (κ2) is 5.54. The number of carboxylic acids is 1. The van der Waals surface area contributed by atoms with Gasteiger partial charge in [-0.2, -0.15) is 5.10 Å². The van der Waals surface area contributed by atoms with E-state index in [1.807, 2.05) is 0 Å². The van der Waals surface area contributed by atoms with Gasteiger partial charge in [0.05, 0.1) is 23.4 Å². The van der Waals surface area contributed by atoms with Crippen LogP contribution in [0.1, 0.15) is 15.9 Å². The Kier molecular flexibility index (Phi) is 3.83. The monoisotopic (exact) mass is 265 g/mol. The lowest BCUT2D eigenvalue weighted by molar-refractivity contribution is -0.117. The second-order valence-corrected chi connectivity index (χ2v) is 5.27. The molecule has 2 rings (SSSR count). The number of carbonyl (C=O) groups is 2. The van der Waals surface area contributed by atoms with Crippen molar-refractivity contribution in [1.29, 1.82) is 0 Å². The van der Waals surface area contributed by atoms with Gasteiger partial charge in [-0.3, -0.25) is 4.79 Å². The minimum atomic E-state index is -0.958. The molecule has 94 valence electrons. The summed E-state index contributed by atoms with van der Waals surface area (Å²) in [4.78, 5) is 21.6. The molecule has 0 bridgehead atoms. The van der Waals surface area contributed by atoms with Gasteiger partial charge >= 0.3 is 5.97 Å². The van der Waals surface area contributed by atoms with Crippen LogP contribution in [0.5, 0.6) is 0 Å². The predicted octanol–water partition coefficient (Wildman–Crippen LogP) is 0.608. The molecule has 0 saturated carbocycles. The third-order valence-corrected chi connectivity index (χ3v) is 3.66. The molecule has 0 radical (unpaired) electrons. The van der Waals surface area contributed by atoms with Gasteiger partial charge in [-0.1, -0.05) is 12.1 Å². The molecule has 1 aromatic rings. The van der Waals surface area contributed by atoms with Crippen molar-refractivity contribution in [3.05, 3.63) is 35.4 Å². The van der Waals surface area contributed by atoms with Crippen molar-refractivity contribution in [2.24, 2.45) is 9.57 Å². The number of nitrogens with zero attached hydrogens (tertiary/aromatic N) is 2. The number of benzene rings is 1. The molecule has 1 aliphatic rings. The van der Waals surface area contributed by atoms with Crippen molar-refractivity contribution in [2.45, 2.75) is 0 Å². The van der Waals surface area contributed by atoms with Crippen molar-refractivity contribution in [3.63, 3.8) is 0 Å². The van der Waals surface area contributed by atoms with Crippen LogP contribution in [0, 0.1) is 0 Å². The number of hydrogen-bond acceptors (Lipinski definition) is 3. The zero-order valence-corrected chi connectivity index (χ0v) is 10.2. The Hall–Kier alpha value is -2.02. The standard InChI is InChI=1S/C11H11N3O3S/c15-10-6-18(7-12-10)14-13-5-8-1-3-9(4-2-8)11(16)17/h1-5H,6-7H2,(H,12,15)(H,16,17). The smallest absolute Gasteiger partial charge is 0.335 e. The molecule has 1 heterocycles. The summed E-state index contributed by atoms with van der Waals surface area (Å²) in [6, 6.07) is 6.33. The first-order chi connectivity index (χ1) is 8.65. The summed E-state index contributed by atoms with van der Waals surface area (Å²) < 4.78 is 4.02. The molecule has 1 atom stereocenters. The third kappa shape index (κ3) is 3.24. The first kappa shape index (κ1) is 12.4. The number of aromatic carboxylic acids is 1. The van der Waals surface area contributed by atoms with Crippen LogP contribution in [-0.2, 0) is 15.5 Å². The van der Waals surface area contributed by atoms with E-state index in [4.69, 9.17) is 5.11 Å². The molecule has 7 heteroatoms. The molecule has 1 amide bonds. The number of amides is 1. The topological polar surface area (TPSA) is 91.1 Å². The summed E-state index contributed by atoms with van der Waals surface area (Å²) in [5.41, 5.74) is 1.00. The maximum Gasteiger partial charge on any atom is 0.335 e. The van der Waals surface area contributed by atoms with Crippen molar-refractivity contribution in [1.82, 2.24) is 5.32 Å². The van der Waals surface area contributed by atoms with Crippen LogP contribution < -0.4 is 5.32 Å². The average Bonchev–Trinajstić information content (AvgIpc) is 2.76. The first-order valence-electron chi connectivity index (χ1n) is 5.17. The van der Waals surface area contributed by atoms with E-state index in [0.717, 1.165) is 5.56 Å². The Morgan fingerprint density at radius 2 is 2.11 bits per heavy atom. The minimum Gasteiger partial charge on any atom is -0.478 e. The fraction of sp³-hybridized carbons (Fsp3) is 0.182. The second-order valence-electron chi connectivity index (χ2n) is 3.60. The Morgan fingerprint density at radius 1 is 1.39 bits per heavy atom.